The van der Waals surface area contributed by atoms with Gasteiger partial charge in [-0.3, -0.25) is 0 Å². The highest BCUT2D eigenvalue weighted by atomic mass is 16.5. The fourth-order valence-corrected chi connectivity index (χ4v) is 1.17. The summed E-state index contributed by atoms with van der Waals surface area (Å²) < 4.78 is 5.23. The van der Waals surface area contributed by atoms with Crippen molar-refractivity contribution in [3.8, 4) is 0 Å². The predicted octanol–water partition coefficient (Wildman–Crippen LogP) is 1.63. The normalized spacial score (nSPS) is 10.2. The van der Waals surface area contributed by atoms with Crippen LogP contribution in [0.5, 0.6) is 0 Å². The molecule has 1 rings (SSSR count). The van der Waals surface area contributed by atoms with Gasteiger partial charge in [0.25, 0.3) is 0 Å². The van der Waals surface area contributed by atoms with Gasteiger partial charge in [0, 0.05) is 19.4 Å². The Bertz CT molecular complexity index is 250. The van der Waals surface area contributed by atoms with Gasteiger partial charge in [-0.05, 0) is 31.4 Å². The van der Waals surface area contributed by atoms with Crippen LogP contribution in [0.2, 0.25) is 0 Å². The highest BCUT2D eigenvalue weighted by Crippen LogP contribution is 2.09. The molecule has 0 aromatic carbocycles. The minimum Gasteiger partial charge on any atom is -0.383 e. The van der Waals surface area contributed by atoms with Gasteiger partial charge in [-0.25, -0.2) is 4.98 Å². The molecule has 2 N–H and O–H groups in total. The first-order valence-electron chi connectivity index (χ1n) is 4.61. The number of rotatable bonds is 5. The molecule has 1 aromatic heterocycles. The topological polar surface area (TPSA) is 48.1 Å². The quantitative estimate of drug-likeness (QED) is 0.701. The molecule has 0 amide bonds. The molecule has 0 unspecified atom stereocenters. The van der Waals surface area contributed by atoms with Crippen molar-refractivity contribution in [3.05, 3.63) is 23.9 Å². The Morgan fingerprint density at radius 3 is 3.08 bits per heavy atom. The first-order valence-corrected chi connectivity index (χ1v) is 4.61. The minimum atomic E-state index is 0.638. The van der Waals surface area contributed by atoms with Gasteiger partial charge in [-0.2, -0.15) is 0 Å². The maximum Gasteiger partial charge on any atom is 0.126 e. The van der Waals surface area contributed by atoms with E-state index in [4.69, 9.17) is 10.5 Å². The van der Waals surface area contributed by atoms with Gasteiger partial charge in [0.2, 0.25) is 0 Å². The largest absolute Gasteiger partial charge is 0.383 e. The van der Waals surface area contributed by atoms with Crippen LogP contribution in [0.1, 0.15) is 18.9 Å². The number of aryl methyl sites for hydroxylation is 1. The van der Waals surface area contributed by atoms with E-state index in [0.717, 1.165) is 31.6 Å². The second kappa shape index (κ2) is 5.54. The molecule has 0 aliphatic carbocycles. The van der Waals surface area contributed by atoms with Gasteiger partial charge in [-0.1, -0.05) is 6.07 Å². The van der Waals surface area contributed by atoms with E-state index in [9.17, 15) is 0 Å². The lowest BCUT2D eigenvalue weighted by atomic mass is 10.1. The molecule has 0 atom stereocenters. The Morgan fingerprint density at radius 1 is 1.54 bits per heavy atom. The molecule has 1 aromatic rings. The van der Waals surface area contributed by atoms with Gasteiger partial charge in [0.1, 0.15) is 5.82 Å². The molecule has 0 fully saturated rings. The molecule has 0 spiro atoms. The Kier molecular flexibility index (Phi) is 4.26. The van der Waals surface area contributed by atoms with Crippen LogP contribution >= 0.6 is 0 Å². The smallest absolute Gasteiger partial charge is 0.126 e. The van der Waals surface area contributed by atoms with Crippen LogP contribution in [0.15, 0.2) is 18.3 Å². The van der Waals surface area contributed by atoms with Crippen LogP contribution in [0, 0.1) is 0 Å². The third kappa shape index (κ3) is 3.42. The van der Waals surface area contributed by atoms with Crippen LogP contribution in [-0.2, 0) is 11.2 Å². The fourth-order valence-electron chi connectivity index (χ4n) is 1.17. The lowest BCUT2D eigenvalue weighted by Gasteiger charge is -2.03. The Balaban J connectivity index is 2.32. The molecular weight excluding hydrogens is 164 g/mol. The summed E-state index contributed by atoms with van der Waals surface area (Å²) >= 11 is 0. The number of nitrogen functional groups attached to an aromatic ring is 1. The Labute approximate surface area is 78.9 Å². The van der Waals surface area contributed by atoms with E-state index in [0.29, 0.717) is 5.82 Å². The summed E-state index contributed by atoms with van der Waals surface area (Å²) in [4.78, 5) is 4.01. The van der Waals surface area contributed by atoms with Crippen molar-refractivity contribution in [1.29, 1.82) is 0 Å². The molecule has 0 aliphatic rings. The maximum atomic E-state index is 5.68. The van der Waals surface area contributed by atoms with Crippen LogP contribution in [-0.4, -0.2) is 18.2 Å². The molecule has 0 saturated carbocycles. The predicted molar refractivity (Wildman–Crippen MR) is 53.5 cm³/mol. The molecule has 13 heavy (non-hydrogen) atoms. The van der Waals surface area contributed by atoms with E-state index in [1.54, 1.807) is 6.20 Å². The molecule has 72 valence electrons. The molecule has 3 nitrogen and oxygen atoms in total. The molecule has 0 aliphatic heterocycles. The van der Waals surface area contributed by atoms with E-state index in [2.05, 4.69) is 4.98 Å². The summed E-state index contributed by atoms with van der Waals surface area (Å²) in [6.45, 7) is 3.58. The lowest BCUT2D eigenvalue weighted by molar-refractivity contribution is 0.145. The number of anilines is 1. The SMILES string of the molecule is CCOCCCc1cccnc1N. The summed E-state index contributed by atoms with van der Waals surface area (Å²) in [7, 11) is 0. The van der Waals surface area contributed by atoms with E-state index in [1.807, 2.05) is 19.1 Å². The zero-order valence-corrected chi connectivity index (χ0v) is 7.99. The second-order valence-electron chi connectivity index (χ2n) is 2.85. The number of pyridine rings is 1. The van der Waals surface area contributed by atoms with Crippen molar-refractivity contribution in [2.45, 2.75) is 19.8 Å². The number of hydrogen-bond donors (Lipinski definition) is 1. The Hall–Kier alpha value is -1.09. The molecular formula is C10H16N2O. The van der Waals surface area contributed by atoms with Gasteiger partial charge < -0.3 is 10.5 Å². The first kappa shape index (κ1) is 9.99. The molecule has 0 saturated heterocycles. The molecule has 3 heteroatoms. The third-order valence-electron chi connectivity index (χ3n) is 1.87. The average Bonchev–Trinajstić information content (AvgIpc) is 2.15. The Morgan fingerprint density at radius 2 is 2.38 bits per heavy atom. The number of ether oxygens (including phenoxy) is 1. The second-order valence-corrected chi connectivity index (χ2v) is 2.85. The minimum absolute atomic E-state index is 0.638. The van der Waals surface area contributed by atoms with E-state index in [-0.39, 0.29) is 0 Å². The van der Waals surface area contributed by atoms with Crippen molar-refractivity contribution in [3.63, 3.8) is 0 Å². The van der Waals surface area contributed by atoms with Crippen molar-refractivity contribution in [2.75, 3.05) is 18.9 Å². The van der Waals surface area contributed by atoms with Crippen LogP contribution in [0.4, 0.5) is 5.82 Å². The average molecular weight is 180 g/mol. The number of aromatic nitrogens is 1. The van der Waals surface area contributed by atoms with Gasteiger partial charge in [-0.15, -0.1) is 0 Å². The summed E-state index contributed by atoms with van der Waals surface area (Å²) in [5.41, 5.74) is 6.80. The summed E-state index contributed by atoms with van der Waals surface area (Å²) in [6, 6.07) is 3.92. The van der Waals surface area contributed by atoms with Crippen LogP contribution in [0.3, 0.4) is 0 Å². The first-order chi connectivity index (χ1) is 6.34. The van der Waals surface area contributed by atoms with Crippen molar-refractivity contribution >= 4 is 5.82 Å². The highest BCUT2D eigenvalue weighted by Gasteiger charge is 1.97. The maximum absolute atomic E-state index is 5.68. The van der Waals surface area contributed by atoms with E-state index < -0.39 is 0 Å². The fraction of sp³-hybridized carbons (Fsp3) is 0.500. The van der Waals surface area contributed by atoms with Crippen molar-refractivity contribution < 1.29 is 4.74 Å². The third-order valence-corrected chi connectivity index (χ3v) is 1.87. The molecule has 0 radical (unpaired) electrons. The monoisotopic (exact) mass is 180 g/mol. The molecule has 0 bridgehead atoms. The van der Waals surface area contributed by atoms with Crippen molar-refractivity contribution in [1.82, 2.24) is 4.98 Å². The standard InChI is InChI=1S/C10H16N2O/c1-2-13-8-4-6-9-5-3-7-12-10(9)11/h3,5,7H,2,4,6,8H2,1H3,(H2,11,12). The summed E-state index contributed by atoms with van der Waals surface area (Å²) in [5.74, 6) is 0.638. The zero-order valence-electron chi connectivity index (χ0n) is 7.99. The summed E-state index contributed by atoms with van der Waals surface area (Å²) in [6.07, 6.45) is 3.66. The van der Waals surface area contributed by atoms with Gasteiger partial charge in [0.15, 0.2) is 0 Å². The molecule has 1 heterocycles. The van der Waals surface area contributed by atoms with Gasteiger partial charge in [0.05, 0.1) is 0 Å². The zero-order chi connectivity index (χ0) is 9.52. The van der Waals surface area contributed by atoms with Crippen molar-refractivity contribution in [2.24, 2.45) is 0 Å². The highest BCUT2D eigenvalue weighted by molar-refractivity contribution is 5.38. The van der Waals surface area contributed by atoms with E-state index in [1.165, 1.54) is 0 Å². The summed E-state index contributed by atoms with van der Waals surface area (Å²) in [5, 5.41) is 0. The number of nitrogens with two attached hydrogens (primary N) is 1. The van der Waals surface area contributed by atoms with Gasteiger partial charge >= 0.3 is 0 Å². The van der Waals surface area contributed by atoms with Crippen LogP contribution in [0.25, 0.3) is 0 Å². The van der Waals surface area contributed by atoms with E-state index >= 15 is 0 Å². The van der Waals surface area contributed by atoms with Crippen LogP contribution < -0.4 is 5.73 Å². The number of nitrogens with zero attached hydrogens (tertiary/aromatic N) is 1. The number of hydrogen-bond acceptors (Lipinski definition) is 3. The lowest BCUT2D eigenvalue weighted by Crippen LogP contribution is -2.00.